The number of benzene rings is 2. The van der Waals surface area contributed by atoms with Gasteiger partial charge in [-0.15, -0.1) is 0 Å². The summed E-state index contributed by atoms with van der Waals surface area (Å²) in [6, 6.07) is 20.5. The number of carbonyl (C=O) groups is 1. The Morgan fingerprint density at radius 2 is 1.58 bits per heavy atom. The van der Waals surface area contributed by atoms with Crippen LogP contribution < -0.4 is 5.32 Å². The molecule has 3 rings (SSSR count). The average molecular weight is 251 g/mol. The number of nitrogens with one attached hydrogen (secondary N) is 1. The molecule has 2 aromatic rings. The minimum atomic E-state index is -0.0126. The first kappa shape index (κ1) is 12.0. The lowest BCUT2D eigenvalue weighted by atomic mass is 9.84. The van der Waals surface area contributed by atoms with Crippen molar-refractivity contribution in [3.63, 3.8) is 0 Å². The van der Waals surface area contributed by atoms with E-state index in [1.165, 1.54) is 5.56 Å². The van der Waals surface area contributed by atoms with Crippen molar-refractivity contribution in [3.05, 3.63) is 71.8 Å². The van der Waals surface area contributed by atoms with E-state index >= 15 is 0 Å². The van der Waals surface area contributed by atoms with E-state index < -0.39 is 0 Å². The SMILES string of the molecule is O=C1NCC(Cc2ccccc2)[C@@H]1c1ccccc1. The van der Waals surface area contributed by atoms with Crippen LogP contribution in [0.1, 0.15) is 17.0 Å². The van der Waals surface area contributed by atoms with Crippen LogP contribution in [0.4, 0.5) is 0 Å². The van der Waals surface area contributed by atoms with Crippen LogP contribution in [0.2, 0.25) is 0 Å². The monoisotopic (exact) mass is 251 g/mol. The van der Waals surface area contributed by atoms with E-state index in [1.807, 2.05) is 36.4 Å². The van der Waals surface area contributed by atoms with Gasteiger partial charge < -0.3 is 5.32 Å². The third-order valence-electron chi connectivity index (χ3n) is 3.79. The van der Waals surface area contributed by atoms with Gasteiger partial charge in [0.15, 0.2) is 0 Å². The number of amides is 1. The Morgan fingerprint density at radius 1 is 0.947 bits per heavy atom. The Morgan fingerprint density at radius 3 is 2.26 bits per heavy atom. The predicted molar refractivity (Wildman–Crippen MR) is 75.8 cm³/mol. The smallest absolute Gasteiger partial charge is 0.227 e. The van der Waals surface area contributed by atoms with Crippen molar-refractivity contribution in [2.75, 3.05) is 6.54 Å². The molecule has 0 spiro atoms. The minimum Gasteiger partial charge on any atom is -0.355 e. The number of carbonyl (C=O) groups excluding carboxylic acids is 1. The molecule has 19 heavy (non-hydrogen) atoms. The summed E-state index contributed by atoms with van der Waals surface area (Å²) in [4.78, 5) is 12.1. The lowest BCUT2D eigenvalue weighted by Crippen LogP contribution is -2.18. The zero-order chi connectivity index (χ0) is 13.1. The molecular formula is C17H17NO. The van der Waals surface area contributed by atoms with Gasteiger partial charge >= 0.3 is 0 Å². The van der Waals surface area contributed by atoms with Gasteiger partial charge in [0.1, 0.15) is 0 Å². The predicted octanol–water partition coefficient (Wildman–Crippen LogP) is 2.76. The van der Waals surface area contributed by atoms with Crippen molar-refractivity contribution in [2.45, 2.75) is 12.3 Å². The van der Waals surface area contributed by atoms with Gasteiger partial charge in [0.2, 0.25) is 5.91 Å². The second-order valence-corrected chi connectivity index (χ2v) is 5.08. The average Bonchev–Trinajstić information content (AvgIpc) is 2.82. The molecule has 1 aliphatic rings. The first-order valence-electron chi connectivity index (χ1n) is 6.71. The lowest BCUT2D eigenvalue weighted by molar-refractivity contribution is -0.120. The van der Waals surface area contributed by atoms with E-state index in [0.29, 0.717) is 5.92 Å². The summed E-state index contributed by atoms with van der Waals surface area (Å²) in [5, 5.41) is 3.00. The highest BCUT2D eigenvalue weighted by Crippen LogP contribution is 2.31. The Balaban J connectivity index is 1.83. The fourth-order valence-electron chi connectivity index (χ4n) is 2.86. The van der Waals surface area contributed by atoms with E-state index in [-0.39, 0.29) is 11.8 Å². The molecule has 2 nitrogen and oxygen atoms in total. The van der Waals surface area contributed by atoms with Gasteiger partial charge in [-0.25, -0.2) is 0 Å². The second-order valence-electron chi connectivity index (χ2n) is 5.08. The highest BCUT2D eigenvalue weighted by molar-refractivity contribution is 5.86. The minimum absolute atomic E-state index is 0.0126. The van der Waals surface area contributed by atoms with Gasteiger partial charge in [0.05, 0.1) is 5.92 Å². The zero-order valence-electron chi connectivity index (χ0n) is 10.8. The molecule has 1 N–H and O–H groups in total. The molecule has 1 aliphatic heterocycles. The second kappa shape index (κ2) is 5.27. The molecule has 1 amide bonds. The van der Waals surface area contributed by atoms with Crippen molar-refractivity contribution < 1.29 is 4.79 Å². The van der Waals surface area contributed by atoms with Crippen molar-refractivity contribution in [2.24, 2.45) is 5.92 Å². The van der Waals surface area contributed by atoms with Crippen LogP contribution in [-0.4, -0.2) is 12.5 Å². The number of rotatable bonds is 3. The zero-order valence-corrected chi connectivity index (χ0v) is 10.8. The van der Waals surface area contributed by atoms with Crippen molar-refractivity contribution >= 4 is 5.91 Å². The molecular weight excluding hydrogens is 234 g/mol. The Bertz CT molecular complexity index is 550. The molecule has 96 valence electrons. The van der Waals surface area contributed by atoms with Crippen LogP contribution in [0.15, 0.2) is 60.7 Å². The quantitative estimate of drug-likeness (QED) is 0.893. The van der Waals surface area contributed by atoms with Crippen LogP contribution in [0.25, 0.3) is 0 Å². The fraction of sp³-hybridized carbons (Fsp3) is 0.235. The van der Waals surface area contributed by atoms with Gasteiger partial charge in [-0.3, -0.25) is 4.79 Å². The van der Waals surface area contributed by atoms with E-state index in [0.717, 1.165) is 18.5 Å². The van der Waals surface area contributed by atoms with Gasteiger partial charge in [-0.1, -0.05) is 60.7 Å². The molecule has 0 aliphatic carbocycles. The number of hydrogen-bond acceptors (Lipinski definition) is 1. The molecule has 2 atom stereocenters. The highest BCUT2D eigenvalue weighted by Gasteiger charge is 2.35. The maximum Gasteiger partial charge on any atom is 0.227 e. The van der Waals surface area contributed by atoms with Gasteiger partial charge in [0.25, 0.3) is 0 Å². The molecule has 0 saturated carbocycles. The lowest BCUT2D eigenvalue weighted by Gasteiger charge is -2.17. The van der Waals surface area contributed by atoms with Crippen LogP contribution >= 0.6 is 0 Å². The van der Waals surface area contributed by atoms with Crippen molar-refractivity contribution in [1.29, 1.82) is 0 Å². The van der Waals surface area contributed by atoms with E-state index in [1.54, 1.807) is 0 Å². The van der Waals surface area contributed by atoms with Crippen LogP contribution in [0, 0.1) is 5.92 Å². The van der Waals surface area contributed by atoms with Gasteiger partial charge in [0, 0.05) is 6.54 Å². The highest BCUT2D eigenvalue weighted by atomic mass is 16.2. The van der Waals surface area contributed by atoms with Crippen LogP contribution in [0.3, 0.4) is 0 Å². The maximum atomic E-state index is 12.1. The molecule has 2 heteroatoms. The molecule has 2 aromatic carbocycles. The van der Waals surface area contributed by atoms with Crippen molar-refractivity contribution in [1.82, 2.24) is 5.32 Å². The molecule has 0 radical (unpaired) electrons. The van der Waals surface area contributed by atoms with Crippen LogP contribution in [0.5, 0.6) is 0 Å². The van der Waals surface area contributed by atoms with Gasteiger partial charge in [-0.05, 0) is 23.5 Å². The third-order valence-corrected chi connectivity index (χ3v) is 3.79. The summed E-state index contributed by atoms with van der Waals surface area (Å²) >= 11 is 0. The Labute approximate surface area is 113 Å². The molecule has 0 bridgehead atoms. The maximum absolute atomic E-state index is 12.1. The third kappa shape index (κ3) is 2.53. The van der Waals surface area contributed by atoms with Crippen molar-refractivity contribution in [3.8, 4) is 0 Å². The normalized spacial score (nSPS) is 22.2. The first-order valence-corrected chi connectivity index (χ1v) is 6.71. The van der Waals surface area contributed by atoms with Crippen LogP contribution in [-0.2, 0) is 11.2 Å². The van der Waals surface area contributed by atoms with Gasteiger partial charge in [-0.2, -0.15) is 0 Å². The first-order chi connectivity index (χ1) is 9.34. The largest absolute Gasteiger partial charge is 0.355 e. The summed E-state index contributed by atoms with van der Waals surface area (Å²) in [6.45, 7) is 0.771. The van der Waals surface area contributed by atoms with E-state index in [9.17, 15) is 4.79 Å². The Kier molecular flexibility index (Phi) is 3.32. The molecule has 1 unspecified atom stereocenters. The molecule has 1 saturated heterocycles. The molecule has 0 aromatic heterocycles. The van der Waals surface area contributed by atoms with E-state index in [2.05, 4.69) is 29.6 Å². The standard InChI is InChI=1S/C17H17NO/c19-17-16(14-9-5-2-6-10-14)15(12-18-17)11-13-7-3-1-4-8-13/h1-10,15-16H,11-12H2,(H,18,19)/t15?,16-/m0/s1. The summed E-state index contributed by atoms with van der Waals surface area (Å²) in [6.07, 6.45) is 0.944. The van der Waals surface area contributed by atoms with E-state index in [4.69, 9.17) is 0 Å². The topological polar surface area (TPSA) is 29.1 Å². The summed E-state index contributed by atoms with van der Waals surface area (Å²) < 4.78 is 0. The fourth-order valence-corrected chi connectivity index (χ4v) is 2.86. The Hall–Kier alpha value is -2.09. The molecule has 1 fully saturated rings. The summed E-state index contributed by atoms with van der Waals surface area (Å²) in [5.74, 6) is 0.492. The summed E-state index contributed by atoms with van der Waals surface area (Å²) in [5.41, 5.74) is 2.42. The number of hydrogen-bond donors (Lipinski definition) is 1. The molecule has 1 heterocycles. The summed E-state index contributed by atoms with van der Waals surface area (Å²) in [7, 11) is 0.